The average molecular weight is 356 g/mol. The highest BCUT2D eigenvalue weighted by atomic mass is 16.6. The first-order chi connectivity index (χ1) is 12.3. The number of anilines is 1. The molecule has 0 spiro atoms. The molecule has 134 valence electrons. The Labute approximate surface area is 148 Å². The predicted molar refractivity (Wildman–Crippen MR) is 95.5 cm³/mol. The van der Waals surface area contributed by atoms with Gasteiger partial charge in [0.2, 0.25) is 5.75 Å². The second kappa shape index (κ2) is 6.40. The van der Waals surface area contributed by atoms with Crippen molar-refractivity contribution in [3.05, 3.63) is 51.1 Å². The molecule has 8 heteroatoms. The number of nitrogens with one attached hydrogen (secondary N) is 1. The van der Waals surface area contributed by atoms with Crippen LogP contribution in [-0.2, 0) is 4.79 Å². The highest BCUT2D eigenvalue weighted by Gasteiger charge is 2.28. The number of carbonyl (C=O) groups is 1. The fraction of sp³-hybridized carbons (Fsp3) is 0.167. The largest absolute Gasteiger partial charge is 0.502 e. The van der Waals surface area contributed by atoms with E-state index in [4.69, 9.17) is 9.47 Å². The first kappa shape index (κ1) is 17.3. The molecule has 1 heterocycles. The number of methoxy groups -OCH3 is 2. The van der Waals surface area contributed by atoms with Gasteiger partial charge in [0.05, 0.1) is 24.8 Å². The van der Waals surface area contributed by atoms with Gasteiger partial charge in [-0.3, -0.25) is 14.9 Å². The Hall–Kier alpha value is -3.55. The van der Waals surface area contributed by atoms with Crippen LogP contribution < -0.4 is 14.8 Å². The number of rotatable bonds is 4. The molecule has 1 amide bonds. The van der Waals surface area contributed by atoms with Gasteiger partial charge in [0.1, 0.15) is 0 Å². The van der Waals surface area contributed by atoms with Gasteiger partial charge in [-0.25, -0.2) is 0 Å². The molecule has 2 aromatic carbocycles. The van der Waals surface area contributed by atoms with Crippen LogP contribution in [0.15, 0.2) is 24.3 Å². The van der Waals surface area contributed by atoms with Crippen LogP contribution in [0, 0.1) is 17.0 Å². The summed E-state index contributed by atoms with van der Waals surface area (Å²) in [7, 11) is 2.97. The molecule has 0 atom stereocenters. The van der Waals surface area contributed by atoms with Crippen LogP contribution in [0.3, 0.4) is 0 Å². The molecule has 2 N–H and O–H groups in total. The van der Waals surface area contributed by atoms with Gasteiger partial charge in [0.25, 0.3) is 5.91 Å². The van der Waals surface area contributed by atoms with Crippen molar-refractivity contribution in [2.75, 3.05) is 19.5 Å². The highest BCUT2D eigenvalue weighted by molar-refractivity contribution is 6.35. The summed E-state index contributed by atoms with van der Waals surface area (Å²) in [6.07, 6.45) is 1.42. The van der Waals surface area contributed by atoms with Crippen LogP contribution in [0.2, 0.25) is 0 Å². The van der Waals surface area contributed by atoms with Crippen molar-refractivity contribution in [2.45, 2.75) is 6.92 Å². The van der Waals surface area contributed by atoms with Gasteiger partial charge in [-0.1, -0.05) is 0 Å². The second-order valence-electron chi connectivity index (χ2n) is 5.74. The molecule has 0 bridgehead atoms. The predicted octanol–water partition coefficient (Wildman–Crippen LogP) is 3.12. The van der Waals surface area contributed by atoms with Crippen molar-refractivity contribution in [3.63, 3.8) is 0 Å². The lowest BCUT2D eigenvalue weighted by Crippen LogP contribution is -2.03. The zero-order chi connectivity index (χ0) is 19.0. The van der Waals surface area contributed by atoms with E-state index in [2.05, 4.69) is 5.32 Å². The minimum atomic E-state index is -0.666. The molecule has 0 aliphatic carbocycles. The average Bonchev–Trinajstić information content (AvgIpc) is 2.90. The Morgan fingerprint density at radius 1 is 1.15 bits per heavy atom. The maximum atomic E-state index is 12.4. The van der Waals surface area contributed by atoms with Crippen LogP contribution in [0.25, 0.3) is 11.6 Å². The molecule has 0 unspecified atom stereocenters. The molecule has 1 aliphatic heterocycles. The standard InChI is InChI=1S/C18H16N2O6/c1-9-4-10(17(21)14(5-9)20(23)24)6-12-11-7-15(25-2)16(26-3)8-13(11)19-18(12)22/h4-8,21H,1-3H3,(H,19,22). The van der Waals surface area contributed by atoms with Crippen LogP contribution >= 0.6 is 0 Å². The number of phenols is 1. The fourth-order valence-corrected chi connectivity index (χ4v) is 2.85. The Morgan fingerprint density at radius 2 is 1.81 bits per heavy atom. The molecular weight excluding hydrogens is 340 g/mol. The fourth-order valence-electron chi connectivity index (χ4n) is 2.85. The number of aromatic hydroxyl groups is 1. The van der Waals surface area contributed by atoms with Crippen molar-refractivity contribution in [3.8, 4) is 17.2 Å². The monoisotopic (exact) mass is 356 g/mol. The number of aryl methyl sites for hydroxylation is 1. The summed E-state index contributed by atoms with van der Waals surface area (Å²) in [5.74, 6) is 0.0172. The van der Waals surface area contributed by atoms with Crippen LogP contribution in [0.4, 0.5) is 11.4 Å². The topological polar surface area (TPSA) is 111 Å². The summed E-state index contributed by atoms with van der Waals surface area (Å²) < 4.78 is 10.5. The van der Waals surface area contributed by atoms with E-state index in [0.29, 0.717) is 28.3 Å². The maximum absolute atomic E-state index is 12.4. The van der Waals surface area contributed by atoms with Crippen LogP contribution in [0.5, 0.6) is 17.2 Å². The van der Waals surface area contributed by atoms with E-state index in [-0.39, 0.29) is 17.0 Å². The normalized spacial score (nSPS) is 14.1. The Kier molecular flexibility index (Phi) is 4.25. The third-order valence-electron chi connectivity index (χ3n) is 4.07. The molecule has 26 heavy (non-hydrogen) atoms. The lowest BCUT2D eigenvalue weighted by atomic mass is 10.0. The number of fused-ring (bicyclic) bond motifs is 1. The summed E-state index contributed by atoms with van der Waals surface area (Å²) in [5, 5.41) is 24.0. The SMILES string of the molecule is COc1cc2c(cc1OC)C(=Cc1cc(C)cc([N+](=O)[O-])c1O)C(=O)N2. The maximum Gasteiger partial charge on any atom is 0.311 e. The van der Waals surface area contributed by atoms with E-state index in [9.17, 15) is 20.0 Å². The van der Waals surface area contributed by atoms with E-state index in [0.717, 1.165) is 0 Å². The Morgan fingerprint density at radius 3 is 2.42 bits per heavy atom. The molecule has 8 nitrogen and oxygen atoms in total. The molecule has 0 fully saturated rings. The lowest BCUT2D eigenvalue weighted by Gasteiger charge is -2.09. The van der Waals surface area contributed by atoms with Crippen molar-refractivity contribution in [2.24, 2.45) is 0 Å². The summed E-state index contributed by atoms with van der Waals surface area (Å²) in [6, 6.07) is 6.11. The second-order valence-corrected chi connectivity index (χ2v) is 5.74. The third-order valence-corrected chi connectivity index (χ3v) is 4.07. The summed E-state index contributed by atoms with van der Waals surface area (Å²) in [5.41, 5.74) is 1.70. The zero-order valence-electron chi connectivity index (χ0n) is 14.3. The molecule has 3 rings (SSSR count). The zero-order valence-corrected chi connectivity index (χ0v) is 14.3. The van der Waals surface area contributed by atoms with Gasteiger partial charge in [0.15, 0.2) is 11.5 Å². The first-order valence-electron chi connectivity index (χ1n) is 7.63. The molecular formula is C18H16N2O6. The molecule has 1 aliphatic rings. The number of hydrogen-bond acceptors (Lipinski definition) is 6. The first-order valence-corrected chi connectivity index (χ1v) is 7.63. The van der Waals surface area contributed by atoms with E-state index in [1.807, 2.05) is 0 Å². The van der Waals surface area contributed by atoms with E-state index in [1.54, 1.807) is 25.1 Å². The van der Waals surface area contributed by atoms with Crippen molar-refractivity contribution >= 4 is 28.9 Å². The molecule has 2 aromatic rings. The van der Waals surface area contributed by atoms with E-state index >= 15 is 0 Å². The van der Waals surface area contributed by atoms with Gasteiger partial charge >= 0.3 is 5.69 Å². The van der Waals surface area contributed by atoms with Gasteiger partial charge in [-0.2, -0.15) is 0 Å². The number of ether oxygens (including phenoxy) is 2. The number of phenolic OH excluding ortho intramolecular Hbond substituents is 1. The number of benzene rings is 2. The van der Waals surface area contributed by atoms with Gasteiger partial charge in [-0.05, 0) is 30.7 Å². The number of hydrogen-bond donors (Lipinski definition) is 2. The van der Waals surface area contributed by atoms with E-state index < -0.39 is 16.4 Å². The quantitative estimate of drug-likeness (QED) is 0.495. The molecule has 0 aromatic heterocycles. The van der Waals surface area contributed by atoms with Gasteiger partial charge in [-0.15, -0.1) is 0 Å². The number of nitrogens with zero attached hydrogens (tertiary/aromatic N) is 1. The summed E-state index contributed by atoms with van der Waals surface area (Å²) in [4.78, 5) is 22.8. The lowest BCUT2D eigenvalue weighted by molar-refractivity contribution is -0.385. The molecule has 0 saturated carbocycles. The highest BCUT2D eigenvalue weighted by Crippen LogP contribution is 2.42. The van der Waals surface area contributed by atoms with Crippen molar-refractivity contribution in [1.29, 1.82) is 0 Å². The summed E-state index contributed by atoms with van der Waals surface area (Å²) in [6.45, 7) is 1.67. The molecule has 0 saturated heterocycles. The van der Waals surface area contributed by atoms with E-state index in [1.165, 1.54) is 26.4 Å². The number of carbonyl (C=O) groups excluding carboxylic acids is 1. The minimum absolute atomic E-state index is 0.185. The van der Waals surface area contributed by atoms with Crippen LogP contribution in [-0.4, -0.2) is 30.2 Å². The van der Waals surface area contributed by atoms with Gasteiger partial charge in [0, 0.05) is 28.8 Å². The van der Waals surface area contributed by atoms with Crippen molar-refractivity contribution < 1.29 is 24.3 Å². The summed E-state index contributed by atoms with van der Waals surface area (Å²) >= 11 is 0. The smallest absolute Gasteiger partial charge is 0.311 e. The number of nitro groups is 1. The van der Waals surface area contributed by atoms with Crippen molar-refractivity contribution in [1.82, 2.24) is 0 Å². The Bertz CT molecular complexity index is 965. The number of amides is 1. The number of nitro benzene ring substituents is 1. The third kappa shape index (κ3) is 2.81. The minimum Gasteiger partial charge on any atom is -0.502 e. The Balaban J connectivity index is 2.18. The molecule has 0 radical (unpaired) electrons. The van der Waals surface area contributed by atoms with Crippen LogP contribution in [0.1, 0.15) is 16.7 Å². The van der Waals surface area contributed by atoms with Gasteiger partial charge < -0.3 is 19.9 Å².